The van der Waals surface area contributed by atoms with E-state index in [4.69, 9.17) is 18.1 Å². The average molecular weight is 664 g/mol. The SMILES string of the molecule is CCOC(=O)CC1(c2ccc(-c3ccc(-c4onc(C)c4C(O[Si](C)(C)C(C)(C)C)c4nnc(Cc5ccccc5)o4)cc3)cc2)CC1. The van der Waals surface area contributed by atoms with Gasteiger partial charge in [-0.2, -0.15) is 0 Å². The molecule has 1 aliphatic rings. The van der Waals surface area contributed by atoms with Gasteiger partial charge in [-0.25, -0.2) is 0 Å². The predicted molar refractivity (Wildman–Crippen MR) is 188 cm³/mol. The van der Waals surface area contributed by atoms with E-state index >= 15 is 0 Å². The quantitative estimate of drug-likeness (QED) is 0.0962. The molecular formula is C39H45N3O5Si. The van der Waals surface area contributed by atoms with Crippen LogP contribution in [0.5, 0.6) is 0 Å². The number of carbonyl (C=O) groups is 1. The number of aromatic nitrogens is 3. The number of ether oxygens (including phenoxy) is 1. The largest absolute Gasteiger partial charge is 0.466 e. The second-order valence-corrected chi connectivity index (χ2v) is 19.1. The standard InChI is InChI=1S/C39H45N3O5Si/c1-8-44-33(43)25-39(22-23-39)31-20-18-29(19-21-31)28-14-16-30(17-15-28)35-34(26(2)42-46-35)36(47-48(6,7)38(3,4)5)37-41-40-32(45-37)24-27-12-10-9-11-13-27/h9-21,36H,8,22-25H2,1-7H3. The van der Waals surface area contributed by atoms with Gasteiger partial charge in [0, 0.05) is 11.0 Å². The lowest BCUT2D eigenvalue weighted by molar-refractivity contribution is -0.143. The average Bonchev–Trinajstić information content (AvgIpc) is 3.51. The van der Waals surface area contributed by atoms with Crippen molar-refractivity contribution < 1.29 is 22.9 Å². The lowest BCUT2D eigenvalue weighted by Crippen LogP contribution is -2.42. The maximum Gasteiger partial charge on any atom is 0.306 e. The van der Waals surface area contributed by atoms with Gasteiger partial charge in [0.2, 0.25) is 11.8 Å². The zero-order valence-corrected chi connectivity index (χ0v) is 30.0. The van der Waals surface area contributed by atoms with Crippen LogP contribution in [0, 0.1) is 6.92 Å². The maximum atomic E-state index is 12.2. The minimum absolute atomic E-state index is 0.0570. The van der Waals surface area contributed by atoms with Gasteiger partial charge < -0.3 is 18.1 Å². The number of esters is 1. The van der Waals surface area contributed by atoms with Crippen molar-refractivity contribution in [3.8, 4) is 22.5 Å². The Hall–Kier alpha value is -4.34. The highest BCUT2D eigenvalue weighted by molar-refractivity contribution is 6.74. The van der Waals surface area contributed by atoms with Crippen molar-refractivity contribution in [1.29, 1.82) is 0 Å². The highest BCUT2D eigenvalue weighted by atomic mass is 28.4. The van der Waals surface area contributed by atoms with E-state index in [1.54, 1.807) is 0 Å². The lowest BCUT2D eigenvalue weighted by atomic mass is 9.90. The summed E-state index contributed by atoms with van der Waals surface area (Å²) in [6.07, 6.45) is 2.35. The van der Waals surface area contributed by atoms with Crippen molar-refractivity contribution in [3.05, 3.63) is 113 Å². The van der Waals surface area contributed by atoms with Gasteiger partial charge in [-0.3, -0.25) is 4.79 Å². The Morgan fingerprint density at radius 3 is 2.15 bits per heavy atom. The third-order valence-electron chi connectivity index (χ3n) is 9.91. The summed E-state index contributed by atoms with van der Waals surface area (Å²) in [5.74, 6) is 1.42. The van der Waals surface area contributed by atoms with E-state index < -0.39 is 14.4 Å². The van der Waals surface area contributed by atoms with Crippen molar-refractivity contribution in [2.24, 2.45) is 0 Å². The van der Waals surface area contributed by atoms with E-state index in [0.29, 0.717) is 42.7 Å². The third-order valence-corrected chi connectivity index (χ3v) is 14.4. The van der Waals surface area contributed by atoms with Crippen molar-refractivity contribution >= 4 is 14.3 Å². The number of nitrogens with zero attached hydrogens (tertiary/aromatic N) is 3. The zero-order valence-electron chi connectivity index (χ0n) is 29.0. The Labute approximate surface area is 284 Å². The molecule has 2 aromatic heterocycles. The summed E-state index contributed by atoms with van der Waals surface area (Å²) in [5, 5.41) is 13.2. The molecule has 5 aromatic rings. The molecule has 0 N–H and O–H groups in total. The van der Waals surface area contributed by atoms with Gasteiger partial charge in [0.15, 0.2) is 20.2 Å². The van der Waals surface area contributed by atoms with Crippen LogP contribution in [-0.2, 0) is 25.8 Å². The fourth-order valence-corrected chi connectivity index (χ4v) is 7.01. The number of aryl methyl sites for hydroxylation is 1. The molecule has 0 aliphatic heterocycles. The normalized spacial score (nSPS) is 14.9. The van der Waals surface area contributed by atoms with E-state index in [-0.39, 0.29) is 16.4 Å². The van der Waals surface area contributed by atoms with Crippen LogP contribution in [-0.4, -0.2) is 36.2 Å². The second kappa shape index (κ2) is 13.3. The minimum Gasteiger partial charge on any atom is -0.466 e. The van der Waals surface area contributed by atoms with Crippen LogP contribution in [0.1, 0.15) is 87.2 Å². The van der Waals surface area contributed by atoms with E-state index in [9.17, 15) is 4.79 Å². The number of hydrogen-bond donors (Lipinski definition) is 0. The van der Waals surface area contributed by atoms with E-state index in [1.165, 1.54) is 5.56 Å². The van der Waals surface area contributed by atoms with Crippen LogP contribution >= 0.6 is 0 Å². The molecule has 0 radical (unpaired) electrons. The lowest BCUT2D eigenvalue weighted by Gasteiger charge is -2.38. The van der Waals surface area contributed by atoms with Crippen molar-refractivity contribution in [2.75, 3.05) is 6.61 Å². The summed E-state index contributed by atoms with van der Waals surface area (Å²) in [6.45, 7) is 15.2. The van der Waals surface area contributed by atoms with Crippen LogP contribution in [0.25, 0.3) is 22.5 Å². The Bertz CT molecular complexity index is 1850. The first-order valence-electron chi connectivity index (χ1n) is 16.8. The summed E-state index contributed by atoms with van der Waals surface area (Å²) in [4.78, 5) is 12.2. The van der Waals surface area contributed by atoms with Gasteiger partial charge in [0.1, 0.15) is 0 Å². The van der Waals surface area contributed by atoms with Crippen LogP contribution in [0.2, 0.25) is 18.1 Å². The van der Waals surface area contributed by atoms with Crippen LogP contribution in [0.3, 0.4) is 0 Å². The Kier molecular flexibility index (Phi) is 9.28. The topological polar surface area (TPSA) is 100 Å². The maximum absolute atomic E-state index is 12.2. The number of rotatable bonds is 12. The Morgan fingerprint density at radius 1 is 0.917 bits per heavy atom. The molecule has 1 atom stereocenters. The summed E-state index contributed by atoms with van der Waals surface area (Å²) < 4.78 is 24.6. The van der Waals surface area contributed by atoms with Gasteiger partial charge in [-0.05, 0) is 67.1 Å². The summed E-state index contributed by atoms with van der Waals surface area (Å²) >= 11 is 0. The van der Waals surface area contributed by atoms with Crippen molar-refractivity contribution in [1.82, 2.24) is 15.4 Å². The molecule has 1 saturated carbocycles. The minimum atomic E-state index is -2.32. The molecule has 3 aromatic carbocycles. The van der Waals surface area contributed by atoms with Gasteiger partial charge in [0.25, 0.3) is 0 Å². The molecule has 1 unspecified atom stereocenters. The summed E-state index contributed by atoms with van der Waals surface area (Å²) in [7, 11) is -2.32. The molecule has 1 aliphatic carbocycles. The first-order valence-corrected chi connectivity index (χ1v) is 19.7. The summed E-state index contributed by atoms with van der Waals surface area (Å²) in [6, 6.07) is 26.9. The molecule has 0 saturated heterocycles. The first-order chi connectivity index (χ1) is 22.9. The summed E-state index contributed by atoms with van der Waals surface area (Å²) in [5.41, 5.74) is 6.77. The van der Waals surface area contributed by atoms with Crippen molar-refractivity contribution in [3.63, 3.8) is 0 Å². The second-order valence-electron chi connectivity index (χ2n) is 14.4. The molecular weight excluding hydrogens is 619 g/mol. The van der Waals surface area contributed by atoms with E-state index in [0.717, 1.165) is 40.7 Å². The van der Waals surface area contributed by atoms with Gasteiger partial charge >= 0.3 is 5.97 Å². The van der Waals surface area contributed by atoms with Crippen LogP contribution in [0.4, 0.5) is 0 Å². The molecule has 1 fully saturated rings. The van der Waals surface area contributed by atoms with Crippen LogP contribution in [0.15, 0.2) is 87.8 Å². The first kappa shape index (κ1) is 33.6. The smallest absolute Gasteiger partial charge is 0.306 e. The zero-order chi connectivity index (χ0) is 34.1. The third kappa shape index (κ3) is 7.07. The highest BCUT2D eigenvalue weighted by Gasteiger charge is 2.46. The predicted octanol–water partition coefficient (Wildman–Crippen LogP) is 9.39. The molecule has 48 heavy (non-hydrogen) atoms. The Morgan fingerprint density at radius 2 is 1.54 bits per heavy atom. The van der Waals surface area contributed by atoms with Crippen LogP contribution < -0.4 is 0 Å². The molecule has 0 bridgehead atoms. The molecule has 2 heterocycles. The van der Waals surface area contributed by atoms with Crippen molar-refractivity contribution in [2.45, 2.75) is 90.0 Å². The fraction of sp³-hybridized carbons (Fsp3) is 0.385. The van der Waals surface area contributed by atoms with Gasteiger partial charge in [-0.15, -0.1) is 10.2 Å². The Balaban J connectivity index is 1.28. The molecule has 250 valence electrons. The molecule has 8 nitrogen and oxygen atoms in total. The van der Waals surface area contributed by atoms with Gasteiger partial charge in [0.05, 0.1) is 30.7 Å². The van der Waals surface area contributed by atoms with E-state index in [1.807, 2.05) is 56.3 Å². The number of carbonyl (C=O) groups excluding carboxylic acids is 1. The van der Waals surface area contributed by atoms with E-state index in [2.05, 4.69) is 85.6 Å². The number of benzene rings is 3. The fourth-order valence-electron chi connectivity index (χ4n) is 5.85. The monoisotopic (exact) mass is 663 g/mol. The number of hydrogen-bond acceptors (Lipinski definition) is 8. The highest BCUT2D eigenvalue weighted by Crippen LogP contribution is 2.51. The van der Waals surface area contributed by atoms with Gasteiger partial charge in [-0.1, -0.05) is 105 Å². The molecule has 0 spiro atoms. The molecule has 6 rings (SSSR count). The molecule has 0 amide bonds. The molecule has 9 heteroatoms.